The molecule has 0 aromatic carbocycles. The highest BCUT2D eigenvalue weighted by Gasteiger charge is 2.14. The fraction of sp³-hybridized carbons (Fsp3) is 0.421. The fourth-order valence-electron chi connectivity index (χ4n) is 2.94. The van der Waals surface area contributed by atoms with Gasteiger partial charge in [0, 0.05) is 44.2 Å². The maximum absolute atomic E-state index is 5.53. The number of hydrogen-bond acceptors (Lipinski definition) is 5. The van der Waals surface area contributed by atoms with Crippen LogP contribution in [0.1, 0.15) is 20.8 Å². The fourth-order valence-corrected chi connectivity index (χ4v) is 2.94. The van der Waals surface area contributed by atoms with Gasteiger partial charge < -0.3 is 14.2 Å². The number of fused-ring (bicyclic) bond motifs is 1. The zero-order valence-electron chi connectivity index (χ0n) is 15.1. The van der Waals surface area contributed by atoms with Crippen LogP contribution in [-0.2, 0) is 11.3 Å². The van der Waals surface area contributed by atoms with Crippen molar-refractivity contribution in [1.82, 2.24) is 19.5 Å². The molecule has 3 rings (SSSR count). The molecular weight excluding hydrogens is 314 g/mol. The topological polar surface area (TPSA) is 56.1 Å². The Hall–Kier alpha value is -2.47. The SMILES string of the molecule is CCOCCn1c(-c2ccc(N(CC)CC)nc2)nc2cccnc21. The Morgan fingerprint density at radius 3 is 2.60 bits per heavy atom. The number of ether oxygens (including phenoxy) is 1. The highest BCUT2D eigenvalue weighted by molar-refractivity contribution is 5.77. The van der Waals surface area contributed by atoms with E-state index in [0.717, 1.165) is 41.5 Å². The number of nitrogens with zero attached hydrogens (tertiary/aromatic N) is 5. The van der Waals surface area contributed by atoms with Crippen LogP contribution in [0.15, 0.2) is 36.7 Å². The number of rotatable bonds is 8. The van der Waals surface area contributed by atoms with Crippen molar-refractivity contribution in [2.24, 2.45) is 0 Å². The van der Waals surface area contributed by atoms with Crippen molar-refractivity contribution in [3.8, 4) is 11.4 Å². The van der Waals surface area contributed by atoms with Gasteiger partial charge in [-0.3, -0.25) is 0 Å². The molecule has 0 aliphatic carbocycles. The van der Waals surface area contributed by atoms with Gasteiger partial charge in [0.25, 0.3) is 0 Å². The van der Waals surface area contributed by atoms with Crippen molar-refractivity contribution in [3.63, 3.8) is 0 Å². The van der Waals surface area contributed by atoms with E-state index in [-0.39, 0.29) is 0 Å². The van der Waals surface area contributed by atoms with Gasteiger partial charge in [-0.25, -0.2) is 15.0 Å². The van der Waals surface area contributed by atoms with E-state index < -0.39 is 0 Å². The second kappa shape index (κ2) is 8.07. The van der Waals surface area contributed by atoms with Crippen molar-refractivity contribution >= 4 is 17.0 Å². The summed E-state index contributed by atoms with van der Waals surface area (Å²) in [5, 5.41) is 0. The minimum absolute atomic E-state index is 0.635. The minimum Gasteiger partial charge on any atom is -0.380 e. The highest BCUT2D eigenvalue weighted by atomic mass is 16.5. The molecule has 3 heterocycles. The molecule has 0 atom stereocenters. The van der Waals surface area contributed by atoms with E-state index >= 15 is 0 Å². The van der Waals surface area contributed by atoms with Crippen molar-refractivity contribution < 1.29 is 4.74 Å². The second-order valence-corrected chi connectivity index (χ2v) is 5.71. The predicted octanol–water partition coefficient (Wildman–Crippen LogP) is 3.38. The van der Waals surface area contributed by atoms with Crippen molar-refractivity contribution in [1.29, 1.82) is 0 Å². The first-order chi connectivity index (χ1) is 12.3. The van der Waals surface area contributed by atoms with E-state index in [9.17, 15) is 0 Å². The van der Waals surface area contributed by atoms with Gasteiger partial charge in [0.05, 0.1) is 6.61 Å². The number of imidazole rings is 1. The van der Waals surface area contributed by atoms with Crippen LogP contribution < -0.4 is 4.90 Å². The van der Waals surface area contributed by atoms with Crippen LogP contribution in [0.2, 0.25) is 0 Å². The molecule has 0 aliphatic heterocycles. The summed E-state index contributed by atoms with van der Waals surface area (Å²) in [6, 6.07) is 8.04. The van der Waals surface area contributed by atoms with E-state index in [0.29, 0.717) is 19.8 Å². The van der Waals surface area contributed by atoms with Crippen LogP contribution >= 0.6 is 0 Å². The largest absolute Gasteiger partial charge is 0.380 e. The van der Waals surface area contributed by atoms with Crippen molar-refractivity contribution in [2.45, 2.75) is 27.3 Å². The first kappa shape index (κ1) is 17.4. The predicted molar refractivity (Wildman–Crippen MR) is 101 cm³/mol. The van der Waals surface area contributed by atoms with Crippen molar-refractivity contribution in [3.05, 3.63) is 36.7 Å². The molecule has 0 bridgehead atoms. The Morgan fingerprint density at radius 1 is 1.08 bits per heavy atom. The molecule has 0 fully saturated rings. The lowest BCUT2D eigenvalue weighted by Crippen LogP contribution is -2.22. The van der Waals surface area contributed by atoms with E-state index in [1.165, 1.54) is 0 Å². The van der Waals surface area contributed by atoms with Crippen LogP contribution in [0.5, 0.6) is 0 Å². The molecule has 0 spiro atoms. The molecule has 0 unspecified atom stereocenters. The summed E-state index contributed by atoms with van der Waals surface area (Å²) < 4.78 is 7.64. The standard InChI is InChI=1S/C19H25N5O/c1-4-23(5-2)17-10-9-15(14-21-17)18-22-16-8-7-11-20-19(16)24(18)12-13-25-6-3/h7-11,14H,4-6,12-13H2,1-3H3. The minimum atomic E-state index is 0.635. The molecule has 0 saturated heterocycles. The van der Waals surface area contributed by atoms with Gasteiger partial charge in [-0.1, -0.05) is 0 Å². The van der Waals surface area contributed by atoms with E-state index in [1.807, 2.05) is 25.3 Å². The molecule has 25 heavy (non-hydrogen) atoms. The maximum atomic E-state index is 5.53. The molecule has 132 valence electrons. The Kier molecular flexibility index (Phi) is 5.60. The van der Waals surface area contributed by atoms with E-state index in [1.54, 1.807) is 6.20 Å². The first-order valence-electron chi connectivity index (χ1n) is 8.88. The number of anilines is 1. The molecule has 0 saturated carbocycles. The normalized spacial score (nSPS) is 11.2. The van der Waals surface area contributed by atoms with Gasteiger partial charge in [-0.05, 0) is 45.0 Å². The average molecular weight is 339 g/mol. The molecule has 0 amide bonds. The lowest BCUT2D eigenvalue weighted by Gasteiger charge is -2.19. The summed E-state index contributed by atoms with van der Waals surface area (Å²) >= 11 is 0. The van der Waals surface area contributed by atoms with Gasteiger partial charge in [0.15, 0.2) is 5.65 Å². The number of hydrogen-bond donors (Lipinski definition) is 0. The number of aromatic nitrogens is 4. The van der Waals surface area contributed by atoms with Gasteiger partial charge in [0.1, 0.15) is 17.2 Å². The summed E-state index contributed by atoms with van der Waals surface area (Å²) in [4.78, 5) is 16.1. The summed E-state index contributed by atoms with van der Waals surface area (Å²) in [7, 11) is 0. The molecule has 0 radical (unpaired) electrons. The van der Waals surface area contributed by atoms with Gasteiger partial charge >= 0.3 is 0 Å². The first-order valence-corrected chi connectivity index (χ1v) is 8.88. The zero-order valence-corrected chi connectivity index (χ0v) is 15.1. The van der Waals surface area contributed by atoms with E-state index in [4.69, 9.17) is 9.72 Å². The smallest absolute Gasteiger partial charge is 0.160 e. The Labute approximate surface area is 148 Å². The Bertz CT molecular complexity index is 808. The molecule has 3 aromatic rings. The lowest BCUT2D eigenvalue weighted by molar-refractivity contribution is 0.140. The molecule has 6 heteroatoms. The summed E-state index contributed by atoms with van der Waals surface area (Å²) in [6.07, 6.45) is 3.69. The Morgan fingerprint density at radius 2 is 1.92 bits per heavy atom. The van der Waals surface area contributed by atoms with Crippen molar-refractivity contribution in [2.75, 3.05) is 31.2 Å². The van der Waals surface area contributed by atoms with Gasteiger partial charge in [0.2, 0.25) is 0 Å². The molecular formula is C19H25N5O. The average Bonchev–Trinajstić information content (AvgIpc) is 3.02. The maximum Gasteiger partial charge on any atom is 0.160 e. The summed E-state index contributed by atoms with van der Waals surface area (Å²) in [5.41, 5.74) is 2.76. The highest BCUT2D eigenvalue weighted by Crippen LogP contribution is 2.24. The van der Waals surface area contributed by atoms with Crippen LogP contribution in [0.4, 0.5) is 5.82 Å². The molecule has 6 nitrogen and oxygen atoms in total. The van der Waals surface area contributed by atoms with Crippen LogP contribution in [0, 0.1) is 0 Å². The quantitative estimate of drug-likeness (QED) is 0.589. The third-order valence-corrected chi connectivity index (χ3v) is 4.26. The number of pyridine rings is 2. The second-order valence-electron chi connectivity index (χ2n) is 5.71. The summed E-state index contributed by atoms with van der Waals surface area (Å²) in [5.74, 6) is 1.87. The van der Waals surface area contributed by atoms with Gasteiger partial charge in [-0.2, -0.15) is 0 Å². The summed E-state index contributed by atoms with van der Waals surface area (Å²) in [6.45, 7) is 10.2. The van der Waals surface area contributed by atoms with Crippen LogP contribution in [0.25, 0.3) is 22.6 Å². The zero-order chi connectivity index (χ0) is 17.6. The molecule has 3 aromatic heterocycles. The Balaban J connectivity index is 1.98. The molecule has 0 N–H and O–H groups in total. The van der Waals surface area contributed by atoms with Gasteiger partial charge in [-0.15, -0.1) is 0 Å². The lowest BCUT2D eigenvalue weighted by atomic mass is 10.2. The van der Waals surface area contributed by atoms with E-state index in [2.05, 4.69) is 45.4 Å². The monoisotopic (exact) mass is 339 g/mol. The molecule has 0 aliphatic rings. The van der Waals surface area contributed by atoms with Crippen LogP contribution in [0.3, 0.4) is 0 Å². The third kappa shape index (κ3) is 3.64. The third-order valence-electron chi connectivity index (χ3n) is 4.26. The van der Waals surface area contributed by atoms with Crippen LogP contribution in [-0.4, -0.2) is 45.8 Å².